The van der Waals surface area contributed by atoms with Crippen LogP contribution in [0.3, 0.4) is 0 Å². The molecule has 15 heavy (non-hydrogen) atoms. The average Bonchev–Trinajstić information content (AvgIpc) is 2.31. The molecule has 1 aromatic carbocycles. The highest BCUT2D eigenvalue weighted by atomic mass is 15.2. The van der Waals surface area contributed by atoms with Gasteiger partial charge >= 0.3 is 0 Å². The molecule has 0 N–H and O–H groups in total. The van der Waals surface area contributed by atoms with E-state index in [0.717, 1.165) is 5.92 Å². The molecule has 4 rings (SSSR count). The summed E-state index contributed by atoms with van der Waals surface area (Å²) in [6.45, 7) is 6.66. The lowest BCUT2D eigenvalue weighted by atomic mass is 9.73. The molecule has 0 unspecified atom stereocenters. The van der Waals surface area contributed by atoms with Gasteiger partial charge in [0.05, 0.1) is 5.92 Å². The maximum Gasteiger partial charge on any atom is 0.0529 e. The minimum absolute atomic E-state index is 0.755. The lowest BCUT2D eigenvalue weighted by Gasteiger charge is -2.47. The van der Waals surface area contributed by atoms with Gasteiger partial charge < -0.3 is 4.90 Å². The van der Waals surface area contributed by atoms with Crippen molar-refractivity contribution in [1.29, 1.82) is 0 Å². The first kappa shape index (κ1) is 9.02. The zero-order valence-electron chi connectivity index (χ0n) is 8.95. The molecule has 3 aliphatic rings. The van der Waals surface area contributed by atoms with Crippen LogP contribution in [0.15, 0.2) is 42.6 Å². The Morgan fingerprint density at radius 3 is 2.33 bits per heavy atom. The first-order chi connectivity index (χ1) is 7.36. The Balaban J connectivity index is 1.96. The van der Waals surface area contributed by atoms with Crippen LogP contribution in [-0.4, -0.2) is 18.0 Å². The zero-order chi connectivity index (χ0) is 10.3. The van der Waals surface area contributed by atoms with E-state index in [1.54, 1.807) is 0 Å². The SMILES string of the molecule is C=C1[C](c2ccccc2)C2CCN1CC2. The van der Waals surface area contributed by atoms with Crippen LogP contribution >= 0.6 is 0 Å². The molecular formula is C14H16N. The highest BCUT2D eigenvalue weighted by Crippen LogP contribution is 2.43. The summed E-state index contributed by atoms with van der Waals surface area (Å²) in [6.07, 6.45) is 2.62. The maximum atomic E-state index is 4.24. The number of rotatable bonds is 1. The molecular weight excluding hydrogens is 182 g/mol. The van der Waals surface area contributed by atoms with Gasteiger partial charge in [-0.15, -0.1) is 0 Å². The molecule has 3 aliphatic heterocycles. The molecule has 0 aromatic heterocycles. The number of allylic oxidation sites excluding steroid dienone is 1. The first-order valence-corrected chi connectivity index (χ1v) is 5.73. The lowest BCUT2D eigenvalue weighted by Crippen LogP contribution is -2.44. The van der Waals surface area contributed by atoms with E-state index in [4.69, 9.17) is 0 Å². The molecule has 2 bridgehead atoms. The summed E-state index contributed by atoms with van der Waals surface area (Å²) in [4.78, 5) is 2.43. The number of fused-ring (bicyclic) bond motifs is 3. The third kappa shape index (κ3) is 1.38. The second-order valence-electron chi connectivity index (χ2n) is 4.49. The van der Waals surface area contributed by atoms with E-state index in [0.29, 0.717) is 0 Å². The van der Waals surface area contributed by atoms with Crippen LogP contribution in [0.1, 0.15) is 18.4 Å². The normalized spacial score (nSPS) is 22.4. The molecule has 77 valence electrons. The number of hydrogen-bond donors (Lipinski definition) is 0. The van der Waals surface area contributed by atoms with Gasteiger partial charge in [0.15, 0.2) is 0 Å². The van der Waals surface area contributed by atoms with Gasteiger partial charge in [-0.1, -0.05) is 36.9 Å². The van der Waals surface area contributed by atoms with E-state index in [2.05, 4.69) is 41.8 Å². The van der Waals surface area contributed by atoms with E-state index < -0.39 is 0 Å². The molecule has 0 aliphatic carbocycles. The molecule has 0 atom stereocenters. The summed E-state index contributed by atoms with van der Waals surface area (Å²) in [5.41, 5.74) is 2.64. The average molecular weight is 198 g/mol. The van der Waals surface area contributed by atoms with E-state index in [-0.39, 0.29) is 0 Å². The monoisotopic (exact) mass is 198 g/mol. The van der Waals surface area contributed by atoms with Crippen molar-refractivity contribution in [3.8, 4) is 0 Å². The Bertz CT molecular complexity index is 360. The second-order valence-corrected chi connectivity index (χ2v) is 4.49. The zero-order valence-corrected chi connectivity index (χ0v) is 8.95. The minimum atomic E-state index is 0.755. The quantitative estimate of drug-likeness (QED) is 0.670. The van der Waals surface area contributed by atoms with Crippen molar-refractivity contribution >= 4 is 0 Å². The summed E-state index contributed by atoms with van der Waals surface area (Å²) in [7, 11) is 0. The number of nitrogens with zero attached hydrogens (tertiary/aromatic N) is 1. The van der Waals surface area contributed by atoms with E-state index in [1.807, 2.05) is 0 Å². The molecule has 0 amide bonds. The molecule has 3 fully saturated rings. The van der Waals surface area contributed by atoms with Crippen molar-refractivity contribution in [2.75, 3.05) is 13.1 Å². The predicted octanol–water partition coefficient (Wildman–Crippen LogP) is 2.85. The largest absolute Gasteiger partial charge is 0.375 e. The summed E-state index contributed by atoms with van der Waals surface area (Å²) >= 11 is 0. The molecule has 1 aromatic rings. The van der Waals surface area contributed by atoms with Gasteiger partial charge in [0.1, 0.15) is 0 Å². The van der Waals surface area contributed by atoms with E-state index >= 15 is 0 Å². The van der Waals surface area contributed by atoms with Gasteiger partial charge in [0, 0.05) is 18.8 Å². The Labute approximate surface area is 91.4 Å². The molecule has 1 radical (unpaired) electrons. The van der Waals surface area contributed by atoms with Crippen LogP contribution < -0.4 is 0 Å². The van der Waals surface area contributed by atoms with Crippen LogP contribution in [0, 0.1) is 11.8 Å². The molecule has 0 saturated carbocycles. The van der Waals surface area contributed by atoms with Crippen molar-refractivity contribution in [3.63, 3.8) is 0 Å². The number of benzene rings is 1. The van der Waals surface area contributed by atoms with Crippen LogP contribution in [0.2, 0.25) is 0 Å². The van der Waals surface area contributed by atoms with Gasteiger partial charge in [-0.2, -0.15) is 0 Å². The Morgan fingerprint density at radius 2 is 1.73 bits per heavy atom. The Morgan fingerprint density at radius 1 is 1.07 bits per heavy atom. The maximum absolute atomic E-state index is 4.24. The first-order valence-electron chi connectivity index (χ1n) is 5.73. The fourth-order valence-electron chi connectivity index (χ4n) is 2.86. The van der Waals surface area contributed by atoms with Crippen LogP contribution in [0.4, 0.5) is 0 Å². The minimum Gasteiger partial charge on any atom is -0.375 e. The summed E-state index contributed by atoms with van der Waals surface area (Å²) < 4.78 is 0. The van der Waals surface area contributed by atoms with Crippen LogP contribution in [0.5, 0.6) is 0 Å². The van der Waals surface area contributed by atoms with Gasteiger partial charge in [-0.05, 0) is 24.3 Å². The fraction of sp³-hybridized carbons (Fsp3) is 0.357. The fourth-order valence-corrected chi connectivity index (χ4v) is 2.86. The molecule has 1 heteroatoms. The second kappa shape index (κ2) is 3.41. The van der Waals surface area contributed by atoms with Gasteiger partial charge in [-0.3, -0.25) is 0 Å². The summed E-state index contributed by atoms with van der Waals surface area (Å²) in [5, 5.41) is 0. The third-order valence-corrected chi connectivity index (χ3v) is 3.68. The Hall–Kier alpha value is -1.24. The molecule has 0 spiro atoms. The van der Waals surface area contributed by atoms with Crippen LogP contribution in [-0.2, 0) is 0 Å². The van der Waals surface area contributed by atoms with Crippen molar-refractivity contribution in [2.24, 2.45) is 5.92 Å². The summed E-state index contributed by atoms with van der Waals surface area (Å²) in [5.74, 6) is 2.25. The van der Waals surface area contributed by atoms with Crippen LogP contribution in [0.25, 0.3) is 0 Å². The Kier molecular flexibility index (Phi) is 2.05. The molecule has 3 heterocycles. The molecule has 1 nitrogen and oxygen atoms in total. The van der Waals surface area contributed by atoms with E-state index in [1.165, 1.54) is 43.1 Å². The van der Waals surface area contributed by atoms with Crippen molar-refractivity contribution in [1.82, 2.24) is 4.90 Å². The van der Waals surface area contributed by atoms with Crippen molar-refractivity contribution < 1.29 is 0 Å². The van der Waals surface area contributed by atoms with Crippen molar-refractivity contribution in [3.05, 3.63) is 54.1 Å². The predicted molar refractivity (Wildman–Crippen MR) is 62.2 cm³/mol. The van der Waals surface area contributed by atoms with Crippen molar-refractivity contribution in [2.45, 2.75) is 12.8 Å². The van der Waals surface area contributed by atoms with Gasteiger partial charge in [-0.25, -0.2) is 0 Å². The summed E-state index contributed by atoms with van der Waals surface area (Å²) in [6, 6.07) is 10.7. The highest BCUT2D eigenvalue weighted by molar-refractivity contribution is 5.45. The lowest BCUT2D eigenvalue weighted by molar-refractivity contribution is 0.187. The highest BCUT2D eigenvalue weighted by Gasteiger charge is 2.37. The van der Waals surface area contributed by atoms with E-state index in [9.17, 15) is 0 Å². The van der Waals surface area contributed by atoms with Gasteiger partial charge in [0.25, 0.3) is 0 Å². The standard InChI is InChI=1S/C14H16N/c1-11-14(12-5-3-2-4-6-12)13-7-9-15(11)10-8-13/h2-6,13H,1,7-10H2. The smallest absolute Gasteiger partial charge is 0.0529 e. The number of piperidine rings is 3. The third-order valence-electron chi connectivity index (χ3n) is 3.68. The molecule has 3 saturated heterocycles. The van der Waals surface area contributed by atoms with Gasteiger partial charge in [0.2, 0.25) is 0 Å². The topological polar surface area (TPSA) is 3.24 Å². The number of hydrogen-bond acceptors (Lipinski definition) is 1.